The van der Waals surface area contributed by atoms with Gasteiger partial charge in [0, 0.05) is 10.7 Å². The van der Waals surface area contributed by atoms with Gasteiger partial charge in [0.25, 0.3) is 10.0 Å². The van der Waals surface area contributed by atoms with Gasteiger partial charge in [-0.3, -0.25) is 4.72 Å². The van der Waals surface area contributed by atoms with Crippen molar-refractivity contribution < 1.29 is 8.42 Å². The molecule has 0 saturated carbocycles. The van der Waals surface area contributed by atoms with Crippen molar-refractivity contribution in [1.82, 2.24) is 4.98 Å². The zero-order valence-corrected chi connectivity index (χ0v) is 12.4. The molecule has 1 heterocycles. The third kappa shape index (κ3) is 3.07. The Hall–Kier alpha value is -2.11. The molecular formula is C12H9BrN4O2S. The van der Waals surface area contributed by atoms with E-state index in [1.807, 2.05) is 6.07 Å². The zero-order chi connectivity index (χ0) is 14.8. The van der Waals surface area contributed by atoms with E-state index in [0.717, 1.165) is 4.47 Å². The Morgan fingerprint density at radius 2 is 2.05 bits per heavy atom. The first kappa shape index (κ1) is 14.3. The van der Waals surface area contributed by atoms with E-state index in [-0.39, 0.29) is 16.4 Å². The van der Waals surface area contributed by atoms with Crippen LogP contribution in [0.1, 0.15) is 5.56 Å². The molecule has 1 aromatic heterocycles. The summed E-state index contributed by atoms with van der Waals surface area (Å²) in [6, 6.07) is 9.05. The maximum atomic E-state index is 12.2. The summed E-state index contributed by atoms with van der Waals surface area (Å²) in [5.41, 5.74) is 5.97. The number of hydrogen-bond acceptors (Lipinski definition) is 5. The summed E-state index contributed by atoms with van der Waals surface area (Å²) in [6.07, 6.45) is 1.47. The second kappa shape index (κ2) is 5.48. The van der Waals surface area contributed by atoms with E-state index >= 15 is 0 Å². The molecule has 0 aliphatic carbocycles. The molecule has 2 aromatic rings. The SMILES string of the molecule is N#Cc1ccc(S(=O)(=O)Nc2ccc(Br)cn2)c(N)c1. The average molecular weight is 353 g/mol. The van der Waals surface area contributed by atoms with Gasteiger partial charge < -0.3 is 5.73 Å². The fourth-order valence-electron chi connectivity index (χ4n) is 1.49. The molecule has 102 valence electrons. The number of anilines is 2. The van der Waals surface area contributed by atoms with Gasteiger partial charge >= 0.3 is 0 Å². The highest BCUT2D eigenvalue weighted by molar-refractivity contribution is 9.10. The molecule has 3 N–H and O–H groups in total. The number of nitrogens with two attached hydrogens (primary N) is 1. The summed E-state index contributed by atoms with van der Waals surface area (Å²) in [5, 5.41) is 8.73. The summed E-state index contributed by atoms with van der Waals surface area (Å²) < 4.78 is 27.4. The van der Waals surface area contributed by atoms with Crippen LogP contribution in [0.5, 0.6) is 0 Å². The molecule has 0 spiro atoms. The van der Waals surface area contributed by atoms with Crippen molar-refractivity contribution in [2.24, 2.45) is 0 Å². The monoisotopic (exact) mass is 352 g/mol. The van der Waals surface area contributed by atoms with Crippen LogP contribution in [-0.4, -0.2) is 13.4 Å². The van der Waals surface area contributed by atoms with E-state index in [9.17, 15) is 8.42 Å². The van der Waals surface area contributed by atoms with Gasteiger partial charge in [-0.05, 0) is 46.3 Å². The maximum absolute atomic E-state index is 12.2. The molecule has 0 unspecified atom stereocenters. The third-order valence-electron chi connectivity index (χ3n) is 2.39. The van der Waals surface area contributed by atoms with Gasteiger partial charge in [-0.25, -0.2) is 13.4 Å². The number of nitrogens with zero attached hydrogens (tertiary/aromatic N) is 2. The number of benzene rings is 1. The third-order valence-corrected chi connectivity index (χ3v) is 4.29. The van der Waals surface area contributed by atoms with Crippen molar-refractivity contribution in [3.05, 3.63) is 46.6 Å². The van der Waals surface area contributed by atoms with E-state index < -0.39 is 10.0 Å². The number of aromatic nitrogens is 1. The van der Waals surface area contributed by atoms with Crippen molar-refractivity contribution in [2.75, 3.05) is 10.5 Å². The lowest BCUT2D eigenvalue weighted by Gasteiger charge is -2.09. The summed E-state index contributed by atoms with van der Waals surface area (Å²) in [6.45, 7) is 0. The number of sulfonamides is 1. The van der Waals surface area contributed by atoms with Crippen LogP contribution < -0.4 is 10.5 Å². The van der Waals surface area contributed by atoms with Crippen molar-refractivity contribution >= 4 is 37.5 Å². The highest BCUT2D eigenvalue weighted by Crippen LogP contribution is 2.22. The molecule has 6 nitrogen and oxygen atoms in total. The second-order valence-corrected chi connectivity index (χ2v) is 6.40. The molecule has 0 aliphatic heterocycles. The molecular weight excluding hydrogens is 344 g/mol. The molecule has 0 amide bonds. The van der Waals surface area contributed by atoms with Gasteiger partial charge in [-0.1, -0.05) is 0 Å². The van der Waals surface area contributed by atoms with Gasteiger partial charge in [-0.15, -0.1) is 0 Å². The van der Waals surface area contributed by atoms with Crippen LogP contribution in [0.3, 0.4) is 0 Å². The topological polar surface area (TPSA) is 109 Å². The number of halogens is 1. The van der Waals surface area contributed by atoms with E-state index in [2.05, 4.69) is 25.6 Å². The molecule has 0 aliphatic rings. The number of rotatable bonds is 3. The van der Waals surface area contributed by atoms with E-state index in [1.54, 1.807) is 6.07 Å². The molecule has 20 heavy (non-hydrogen) atoms. The molecule has 8 heteroatoms. The molecule has 0 bridgehead atoms. The number of pyridine rings is 1. The summed E-state index contributed by atoms with van der Waals surface area (Å²) in [5.74, 6) is 0.178. The maximum Gasteiger partial charge on any atom is 0.265 e. The van der Waals surface area contributed by atoms with Crippen LogP contribution in [0.2, 0.25) is 0 Å². The fraction of sp³-hybridized carbons (Fsp3) is 0. The molecule has 0 radical (unpaired) electrons. The predicted molar refractivity (Wildman–Crippen MR) is 78.3 cm³/mol. The smallest absolute Gasteiger partial charge is 0.265 e. The molecule has 0 atom stereocenters. The highest BCUT2D eigenvalue weighted by Gasteiger charge is 2.18. The van der Waals surface area contributed by atoms with Crippen molar-refractivity contribution in [3.63, 3.8) is 0 Å². The Bertz CT molecular complexity index is 782. The van der Waals surface area contributed by atoms with Gasteiger partial charge in [0.05, 0.1) is 17.3 Å². The highest BCUT2D eigenvalue weighted by atomic mass is 79.9. The van der Waals surface area contributed by atoms with E-state index in [4.69, 9.17) is 11.0 Å². The van der Waals surface area contributed by atoms with E-state index in [0.29, 0.717) is 5.56 Å². The molecule has 1 aromatic carbocycles. The average Bonchev–Trinajstić information content (AvgIpc) is 2.40. The molecule has 0 saturated heterocycles. The first-order valence-electron chi connectivity index (χ1n) is 5.36. The minimum absolute atomic E-state index is 0.00802. The second-order valence-electron chi connectivity index (χ2n) is 3.83. The lowest BCUT2D eigenvalue weighted by molar-refractivity contribution is 0.601. The standard InChI is InChI=1S/C12H9BrN4O2S/c13-9-2-4-12(16-7-9)17-20(18,19)11-3-1-8(6-14)5-10(11)15/h1-5,7H,15H2,(H,16,17). The quantitative estimate of drug-likeness (QED) is 0.822. The normalized spacial score (nSPS) is 10.8. The summed E-state index contributed by atoms with van der Waals surface area (Å²) in [7, 11) is -3.84. The Balaban J connectivity index is 2.36. The number of hydrogen-bond donors (Lipinski definition) is 2. The summed E-state index contributed by atoms with van der Waals surface area (Å²) in [4.78, 5) is 3.83. The van der Waals surface area contributed by atoms with E-state index in [1.165, 1.54) is 30.5 Å². The zero-order valence-electron chi connectivity index (χ0n) is 10.0. The van der Waals surface area contributed by atoms with Crippen LogP contribution in [0.15, 0.2) is 45.9 Å². The Morgan fingerprint density at radius 1 is 1.30 bits per heavy atom. The first-order chi connectivity index (χ1) is 9.42. The lowest BCUT2D eigenvalue weighted by atomic mass is 10.2. The Labute approximate surface area is 124 Å². The van der Waals surface area contributed by atoms with Crippen LogP contribution in [0, 0.1) is 11.3 Å². The van der Waals surface area contributed by atoms with Crippen molar-refractivity contribution in [3.8, 4) is 6.07 Å². The largest absolute Gasteiger partial charge is 0.398 e. The minimum atomic E-state index is -3.84. The van der Waals surface area contributed by atoms with Crippen LogP contribution in [0.25, 0.3) is 0 Å². The minimum Gasteiger partial charge on any atom is -0.398 e. The predicted octanol–water partition coefficient (Wildman–Crippen LogP) is 2.10. The Morgan fingerprint density at radius 3 is 2.60 bits per heavy atom. The first-order valence-corrected chi connectivity index (χ1v) is 7.64. The van der Waals surface area contributed by atoms with Gasteiger partial charge in [-0.2, -0.15) is 5.26 Å². The van der Waals surface area contributed by atoms with Crippen LogP contribution >= 0.6 is 15.9 Å². The van der Waals surface area contributed by atoms with Crippen molar-refractivity contribution in [2.45, 2.75) is 4.90 Å². The van der Waals surface area contributed by atoms with Gasteiger partial charge in [0.2, 0.25) is 0 Å². The lowest BCUT2D eigenvalue weighted by Crippen LogP contribution is -2.15. The number of nitriles is 1. The van der Waals surface area contributed by atoms with Gasteiger partial charge in [0.15, 0.2) is 0 Å². The van der Waals surface area contributed by atoms with Gasteiger partial charge in [0.1, 0.15) is 10.7 Å². The summed E-state index contributed by atoms with van der Waals surface area (Å²) >= 11 is 3.21. The number of nitrogen functional groups attached to an aromatic ring is 1. The molecule has 2 rings (SSSR count). The Kier molecular flexibility index (Phi) is 3.92. The fourth-order valence-corrected chi connectivity index (χ4v) is 2.85. The van der Waals surface area contributed by atoms with Crippen LogP contribution in [-0.2, 0) is 10.0 Å². The molecule has 0 fully saturated rings. The number of nitrogens with one attached hydrogen (secondary N) is 1. The van der Waals surface area contributed by atoms with Crippen LogP contribution in [0.4, 0.5) is 11.5 Å². The van der Waals surface area contributed by atoms with Crippen molar-refractivity contribution in [1.29, 1.82) is 5.26 Å².